The van der Waals surface area contributed by atoms with E-state index in [1.165, 1.54) is 12.6 Å². The molecule has 7 heteroatoms. The fourth-order valence-electron chi connectivity index (χ4n) is 2.01. The Bertz CT molecular complexity index is 644. The fourth-order valence-corrected chi connectivity index (χ4v) is 2.01. The predicted molar refractivity (Wildman–Crippen MR) is 85.9 cm³/mol. The molecule has 0 fully saturated rings. The van der Waals surface area contributed by atoms with Gasteiger partial charge in [-0.25, -0.2) is 9.62 Å². The molecule has 1 aromatic carbocycles. The Labute approximate surface area is 129 Å². The van der Waals surface area contributed by atoms with E-state index in [0.717, 1.165) is 18.7 Å². The number of nitrogens with one attached hydrogen (secondary N) is 1. The van der Waals surface area contributed by atoms with Crippen molar-refractivity contribution in [2.45, 2.75) is 20.8 Å². The molecule has 0 radical (unpaired) electrons. The first-order chi connectivity index (χ1) is 10.6. The minimum Gasteiger partial charge on any atom is -0.372 e. The molecule has 2 aromatic rings. The molecule has 0 unspecified atom stereocenters. The van der Waals surface area contributed by atoms with Gasteiger partial charge in [0.25, 0.3) is 0 Å². The van der Waals surface area contributed by atoms with Crippen LogP contribution in [0.5, 0.6) is 0 Å². The molecule has 0 spiro atoms. The van der Waals surface area contributed by atoms with Gasteiger partial charge in [0.2, 0.25) is 17.5 Å². The number of hydrogen-bond donors (Lipinski definition) is 1. The average Bonchev–Trinajstić information content (AvgIpc) is 2.94. The summed E-state index contributed by atoms with van der Waals surface area (Å²) in [6, 6.07) is 8.04. The zero-order chi connectivity index (χ0) is 15.9. The van der Waals surface area contributed by atoms with Crippen molar-refractivity contribution in [2.24, 2.45) is 4.99 Å². The van der Waals surface area contributed by atoms with Crippen LogP contribution in [-0.2, 0) is 4.79 Å². The smallest absolute Gasteiger partial charge is 0.241 e. The number of nitrogens with zero attached hydrogens (tertiary/aromatic N) is 4. The lowest BCUT2D eigenvalue weighted by Gasteiger charge is -2.20. The van der Waals surface area contributed by atoms with Crippen LogP contribution in [0.1, 0.15) is 26.3 Å². The molecule has 0 saturated heterocycles. The summed E-state index contributed by atoms with van der Waals surface area (Å²) in [5.41, 5.74) is 2.09. The fraction of sp³-hybridized carbons (Fsp3) is 0.333. The third-order valence-electron chi connectivity index (χ3n) is 3.12. The molecule has 0 aliphatic carbocycles. The van der Waals surface area contributed by atoms with Gasteiger partial charge in [0.15, 0.2) is 0 Å². The predicted octanol–water partition coefficient (Wildman–Crippen LogP) is 2.62. The SMILES string of the molecule is CCN(CC)c1ccc(C=Nc2nonc2NC(C)=O)cc1. The number of amides is 1. The second-order valence-electron chi connectivity index (χ2n) is 4.64. The molecule has 0 bridgehead atoms. The summed E-state index contributed by atoms with van der Waals surface area (Å²) >= 11 is 0. The highest BCUT2D eigenvalue weighted by Crippen LogP contribution is 2.19. The minimum absolute atomic E-state index is 0.212. The summed E-state index contributed by atoms with van der Waals surface area (Å²) < 4.78 is 4.58. The molecule has 2 rings (SSSR count). The summed E-state index contributed by atoms with van der Waals surface area (Å²) in [7, 11) is 0. The summed E-state index contributed by atoms with van der Waals surface area (Å²) in [5.74, 6) is 0.197. The van der Waals surface area contributed by atoms with E-state index < -0.39 is 0 Å². The van der Waals surface area contributed by atoms with Gasteiger partial charge in [0.05, 0.1) is 0 Å². The second-order valence-corrected chi connectivity index (χ2v) is 4.64. The molecule has 1 amide bonds. The van der Waals surface area contributed by atoms with Crippen LogP contribution in [0, 0.1) is 0 Å². The normalized spacial score (nSPS) is 10.9. The number of benzene rings is 1. The van der Waals surface area contributed by atoms with Gasteiger partial charge in [-0.05, 0) is 41.9 Å². The highest BCUT2D eigenvalue weighted by Gasteiger charge is 2.09. The number of aliphatic imine (C=N–C) groups is 1. The number of hydrogen-bond acceptors (Lipinski definition) is 6. The van der Waals surface area contributed by atoms with E-state index in [1.54, 1.807) is 6.21 Å². The molecule has 7 nitrogen and oxygen atoms in total. The molecular weight excluding hydrogens is 282 g/mol. The minimum atomic E-state index is -0.254. The molecule has 0 saturated carbocycles. The summed E-state index contributed by atoms with van der Waals surface area (Å²) in [6.07, 6.45) is 1.65. The van der Waals surface area contributed by atoms with Crippen LogP contribution < -0.4 is 10.2 Å². The van der Waals surface area contributed by atoms with E-state index >= 15 is 0 Å². The van der Waals surface area contributed by atoms with Gasteiger partial charge >= 0.3 is 0 Å². The quantitative estimate of drug-likeness (QED) is 0.829. The zero-order valence-corrected chi connectivity index (χ0v) is 12.9. The van der Waals surface area contributed by atoms with E-state index in [2.05, 4.69) is 44.0 Å². The Balaban J connectivity index is 2.10. The van der Waals surface area contributed by atoms with Gasteiger partial charge in [0, 0.05) is 31.9 Å². The highest BCUT2D eigenvalue weighted by atomic mass is 16.6. The Morgan fingerprint density at radius 3 is 2.55 bits per heavy atom. The molecule has 0 aliphatic rings. The molecule has 1 N–H and O–H groups in total. The molecule has 1 aromatic heterocycles. The van der Waals surface area contributed by atoms with Crippen LogP contribution in [0.25, 0.3) is 0 Å². The van der Waals surface area contributed by atoms with Crippen molar-refractivity contribution in [1.29, 1.82) is 0 Å². The van der Waals surface area contributed by atoms with E-state index in [4.69, 9.17) is 0 Å². The van der Waals surface area contributed by atoms with Crippen LogP contribution in [0.3, 0.4) is 0 Å². The first kappa shape index (κ1) is 15.7. The number of carbonyl (C=O) groups excluding carboxylic acids is 1. The molecular formula is C15H19N5O2. The molecule has 0 atom stereocenters. The maximum Gasteiger partial charge on any atom is 0.241 e. The topological polar surface area (TPSA) is 83.6 Å². The van der Waals surface area contributed by atoms with Crippen molar-refractivity contribution in [2.75, 3.05) is 23.3 Å². The maximum atomic E-state index is 11.0. The van der Waals surface area contributed by atoms with Gasteiger partial charge in [-0.3, -0.25) is 4.79 Å². The van der Waals surface area contributed by atoms with E-state index in [9.17, 15) is 4.79 Å². The van der Waals surface area contributed by atoms with Crippen LogP contribution in [0.2, 0.25) is 0 Å². The van der Waals surface area contributed by atoms with Crippen molar-refractivity contribution in [3.05, 3.63) is 29.8 Å². The van der Waals surface area contributed by atoms with Gasteiger partial charge < -0.3 is 10.2 Å². The lowest BCUT2D eigenvalue weighted by atomic mass is 10.2. The largest absolute Gasteiger partial charge is 0.372 e. The second kappa shape index (κ2) is 7.35. The summed E-state index contributed by atoms with van der Waals surface area (Å²) in [6.45, 7) is 7.57. The van der Waals surface area contributed by atoms with Crippen molar-refractivity contribution in [3.8, 4) is 0 Å². The van der Waals surface area contributed by atoms with Crippen LogP contribution in [0.15, 0.2) is 33.9 Å². The van der Waals surface area contributed by atoms with Crippen LogP contribution >= 0.6 is 0 Å². The number of carbonyl (C=O) groups is 1. The van der Waals surface area contributed by atoms with Gasteiger partial charge in [0.1, 0.15) is 0 Å². The zero-order valence-electron chi connectivity index (χ0n) is 12.9. The van der Waals surface area contributed by atoms with Crippen molar-refractivity contribution in [1.82, 2.24) is 10.3 Å². The molecule has 1 heterocycles. The number of aromatic nitrogens is 2. The van der Waals surface area contributed by atoms with Gasteiger partial charge in [-0.1, -0.05) is 12.1 Å². The molecule has 0 aliphatic heterocycles. The summed E-state index contributed by atoms with van der Waals surface area (Å²) in [5, 5.41) is 9.74. The monoisotopic (exact) mass is 301 g/mol. The standard InChI is InChI=1S/C15H19N5O2/c1-4-20(5-2)13-8-6-12(7-9-13)10-16-14-15(17-11(3)21)19-22-18-14/h6-10H,4-5H2,1-3H3,(H,17,19,21). The first-order valence-electron chi connectivity index (χ1n) is 7.13. The van der Waals surface area contributed by atoms with Crippen molar-refractivity contribution < 1.29 is 9.42 Å². The van der Waals surface area contributed by atoms with Crippen LogP contribution in [-0.4, -0.2) is 35.5 Å². The molecule has 22 heavy (non-hydrogen) atoms. The van der Waals surface area contributed by atoms with E-state index in [0.29, 0.717) is 0 Å². The Hall–Kier alpha value is -2.70. The third-order valence-corrected chi connectivity index (χ3v) is 3.12. The Morgan fingerprint density at radius 1 is 1.27 bits per heavy atom. The van der Waals surface area contributed by atoms with Crippen LogP contribution in [0.4, 0.5) is 17.3 Å². The highest BCUT2D eigenvalue weighted by molar-refractivity contribution is 5.91. The first-order valence-corrected chi connectivity index (χ1v) is 7.13. The number of anilines is 2. The van der Waals surface area contributed by atoms with Crippen molar-refractivity contribution in [3.63, 3.8) is 0 Å². The maximum absolute atomic E-state index is 11.0. The third kappa shape index (κ3) is 3.91. The lowest BCUT2D eigenvalue weighted by molar-refractivity contribution is -0.114. The van der Waals surface area contributed by atoms with Crippen molar-refractivity contribution >= 4 is 29.4 Å². The Kier molecular flexibility index (Phi) is 5.24. The summed E-state index contributed by atoms with van der Waals surface area (Å²) in [4.78, 5) is 17.5. The Morgan fingerprint density at radius 2 is 1.95 bits per heavy atom. The van der Waals surface area contributed by atoms with E-state index in [1.807, 2.05) is 24.3 Å². The lowest BCUT2D eigenvalue weighted by Crippen LogP contribution is -2.21. The van der Waals surface area contributed by atoms with E-state index in [-0.39, 0.29) is 17.5 Å². The van der Waals surface area contributed by atoms with Gasteiger partial charge in [-0.15, -0.1) is 0 Å². The van der Waals surface area contributed by atoms with Gasteiger partial charge in [-0.2, -0.15) is 0 Å². The number of rotatable bonds is 6. The molecule has 116 valence electrons. The average molecular weight is 301 g/mol.